The summed E-state index contributed by atoms with van der Waals surface area (Å²) in [5, 5.41) is 2.79. The van der Waals surface area contributed by atoms with Crippen molar-refractivity contribution in [3.8, 4) is 5.75 Å². The summed E-state index contributed by atoms with van der Waals surface area (Å²) in [6.45, 7) is 0.0376. The van der Waals surface area contributed by atoms with Crippen LogP contribution in [0.1, 0.15) is 22.5 Å². The lowest BCUT2D eigenvalue weighted by Crippen LogP contribution is -2.47. The molecule has 1 N–H and O–H groups in total. The van der Waals surface area contributed by atoms with E-state index in [0.29, 0.717) is 30.0 Å². The number of para-hydroxylation sites is 1. The SMILES string of the molecule is Cn1cccc1C(=O)CN1C(=O)N[C@]2(CCOc3ccccc32)C1=O. The molecule has 1 fully saturated rings. The van der Waals surface area contributed by atoms with Crippen LogP contribution in [0.3, 0.4) is 0 Å². The van der Waals surface area contributed by atoms with E-state index in [9.17, 15) is 14.4 Å². The molecule has 0 aliphatic carbocycles. The molecule has 128 valence electrons. The lowest BCUT2D eigenvalue weighted by Gasteiger charge is -2.33. The van der Waals surface area contributed by atoms with Gasteiger partial charge in [0.1, 0.15) is 5.75 Å². The summed E-state index contributed by atoms with van der Waals surface area (Å²) in [4.78, 5) is 39.0. The van der Waals surface area contributed by atoms with Gasteiger partial charge in [-0.1, -0.05) is 18.2 Å². The zero-order valence-corrected chi connectivity index (χ0v) is 13.7. The maximum atomic E-state index is 13.1. The minimum Gasteiger partial charge on any atom is -0.493 e. The second kappa shape index (κ2) is 5.47. The molecule has 1 spiro atoms. The number of ketones is 1. The molecule has 1 aromatic heterocycles. The van der Waals surface area contributed by atoms with Crippen LogP contribution in [0.2, 0.25) is 0 Å². The van der Waals surface area contributed by atoms with Gasteiger partial charge in [0.2, 0.25) is 0 Å². The van der Waals surface area contributed by atoms with Crippen molar-refractivity contribution in [2.45, 2.75) is 12.0 Å². The Morgan fingerprint density at radius 2 is 2.04 bits per heavy atom. The summed E-state index contributed by atoms with van der Waals surface area (Å²) in [7, 11) is 1.75. The van der Waals surface area contributed by atoms with Gasteiger partial charge in [0.05, 0.1) is 18.8 Å². The van der Waals surface area contributed by atoms with E-state index < -0.39 is 17.5 Å². The fraction of sp³-hybridized carbons (Fsp3) is 0.278. The lowest BCUT2D eigenvalue weighted by atomic mass is 9.84. The molecule has 2 aliphatic rings. The molecule has 0 bridgehead atoms. The van der Waals surface area contributed by atoms with Gasteiger partial charge >= 0.3 is 6.03 Å². The van der Waals surface area contributed by atoms with Crippen molar-refractivity contribution < 1.29 is 19.1 Å². The van der Waals surface area contributed by atoms with Crippen molar-refractivity contribution in [1.82, 2.24) is 14.8 Å². The molecule has 2 aromatic rings. The van der Waals surface area contributed by atoms with E-state index in [1.54, 1.807) is 48.1 Å². The van der Waals surface area contributed by atoms with Gasteiger partial charge in [-0.05, 0) is 18.2 Å². The van der Waals surface area contributed by atoms with E-state index in [-0.39, 0.29) is 12.3 Å². The molecule has 25 heavy (non-hydrogen) atoms. The third-order valence-electron chi connectivity index (χ3n) is 4.79. The predicted octanol–water partition coefficient (Wildman–Crippen LogP) is 1.44. The molecule has 0 saturated carbocycles. The number of rotatable bonds is 3. The second-order valence-corrected chi connectivity index (χ2v) is 6.25. The van der Waals surface area contributed by atoms with Gasteiger partial charge in [0, 0.05) is 25.2 Å². The first-order valence-corrected chi connectivity index (χ1v) is 8.04. The molecule has 4 rings (SSSR count). The number of Topliss-reactive ketones (excluding diaryl/α,β-unsaturated/α-hetero) is 1. The third-order valence-corrected chi connectivity index (χ3v) is 4.79. The number of urea groups is 1. The van der Waals surface area contributed by atoms with Crippen LogP contribution in [0.4, 0.5) is 4.79 Å². The first-order chi connectivity index (χ1) is 12.0. The molecule has 7 nitrogen and oxygen atoms in total. The summed E-state index contributed by atoms with van der Waals surface area (Å²) in [6.07, 6.45) is 2.08. The maximum Gasteiger partial charge on any atom is 0.325 e. The van der Waals surface area contributed by atoms with E-state index in [1.165, 1.54) is 0 Å². The molecular formula is C18H17N3O4. The molecule has 7 heteroatoms. The first kappa shape index (κ1) is 15.4. The highest BCUT2D eigenvalue weighted by atomic mass is 16.5. The summed E-state index contributed by atoms with van der Waals surface area (Å²) >= 11 is 0. The fourth-order valence-electron chi connectivity index (χ4n) is 3.49. The van der Waals surface area contributed by atoms with Crippen LogP contribution in [0.5, 0.6) is 5.75 Å². The van der Waals surface area contributed by atoms with Crippen LogP contribution in [-0.4, -0.2) is 40.3 Å². The molecule has 1 aromatic carbocycles. The number of hydrogen-bond acceptors (Lipinski definition) is 4. The number of nitrogens with one attached hydrogen (secondary N) is 1. The predicted molar refractivity (Wildman–Crippen MR) is 88.2 cm³/mol. The van der Waals surface area contributed by atoms with Crippen molar-refractivity contribution in [3.05, 3.63) is 53.9 Å². The molecular weight excluding hydrogens is 322 g/mol. The van der Waals surface area contributed by atoms with Crippen molar-refractivity contribution in [3.63, 3.8) is 0 Å². The minimum atomic E-state index is -1.15. The third kappa shape index (κ3) is 2.23. The number of aryl methyl sites for hydroxylation is 1. The topological polar surface area (TPSA) is 80.6 Å². The Hall–Kier alpha value is -3.09. The number of nitrogens with zero attached hydrogens (tertiary/aromatic N) is 2. The van der Waals surface area contributed by atoms with Gasteiger partial charge in [0.25, 0.3) is 5.91 Å². The maximum absolute atomic E-state index is 13.1. The smallest absolute Gasteiger partial charge is 0.325 e. The second-order valence-electron chi connectivity index (χ2n) is 6.25. The Kier molecular flexibility index (Phi) is 3.38. The Morgan fingerprint density at radius 1 is 1.24 bits per heavy atom. The number of amides is 3. The van der Waals surface area contributed by atoms with Crippen LogP contribution in [0.15, 0.2) is 42.6 Å². The highest BCUT2D eigenvalue weighted by Crippen LogP contribution is 2.40. The number of ether oxygens (including phenoxy) is 1. The summed E-state index contributed by atoms with van der Waals surface area (Å²) < 4.78 is 7.26. The fourth-order valence-corrected chi connectivity index (χ4v) is 3.49. The van der Waals surface area contributed by atoms with Crippen LogP contribution in [-0.2, 0) is 17.4 Å². The van der Waals surface area contributed by atoms with Gasteiger partial charge < -0.3 is 14.6 Å². The molecule has 1 saturated heterocycles. The van der Waals surface area contributed by atoms with E-state index in [1.807, 2.05) is 6.07 Å². The number of fused-ring (bicyclic) bond motifs is 2. The number of imide groups is 1. The van der Waals surface area contributed by atoms with Gasteiger partial charge in [0.15, 0.2) is 11.3 Å². The van der Waals surface area contributed by atoms with Gasteiger partial charge in [-0.3, -0.25) is 14.5 Å². The van der Waals surface area contributed by atoms with Crippen LogP contribution in [0, 0.1) is 0 Å². The highest BCUT2D eigenvalue weighted by Gasteiger charge is 2.55. The Labute approximate surface area is 144 Å². The largest absolute Gasteiger partial charge is 0.493 e. The normalized spacial score (nSPS) is 21.9. The number of aromatic nitrogens is 1. The minimum absolute atomic E-state index is 0.284. The van der Waals surface area contributed by atoms with Crippen molar-refractivity contribution in [1.29, 1.82) is 0 Å². The van der Waals surface area contributed by atoms with Crippen LogP contribution in [0.25, 0.3) is 0 Å². The molecule has 3 amide bonds. The summed E-state index contributed by atoms with van der Waals surface area (Å²) in [6, 6.07) is 10.0. The first-order valence-electron chi connectivity index (χ1n) is 8.04. The average Bonchev–Trinajstić information content (AvgIpc) is 3.13. The van der Waals surface area contributed by atoms with E-state index in [0.717, 1.165) is 4.90 Å². The Morgan fingerprint density at radius 3 is 2.80 bits per heavy atom. The molecule has 3 heterocycles. The van der Waals surface area contributed by atoms with Gasteiger partial charge in [-0.2, -0.15) is 0 Å². The quantitative estimate of drug-likeness (QED) is 0.678. The standard InChI is InChI=1S/C18H17N3O4/c1-20-9-4-6-13(20)14(22)11-21-16(23)18(19-17(21)24)8-10-25-15-7-3-2-5-12(15)18/h2-7,9H,8,10-11H2,1H3,(H,19,24)/t18-/m0/s1. The van der Waals surface area contributed by atoms with Crippen molar-refractivity contribution in [2.24, 2.45) is 7.05 Å². The van der Waals surface area contributed by atoms with E-state index in [2.05, 4.69) is 5.32 Å². The molecule has 2 aliphatic heterocycles. The molecule has 1 atom stereocenters. The van der Waals surface area contributed by atoms with Crippen molar-refractivity contribution in [2.75, 3.05) is 13.2 Å². The number of carbonyl (C=O) groups is 3. The number of benzene rings is 1. The zero-order chi connectivity index (χ0) is 17.6. The monoisotopic (exact) mass is 339 g/mol. The number of hydrogen-bond donors (Lipinski definition) is 1. The summed E-state index contributed by atoms with van der Waals surface area (Å²) in [5.41, 5.74) is -0.0669. The Bertz CT molecular complexity index is 888. The molecule has 0 unspecified atom stereocenters. The zero-order valence-electron chi connectivity index (χ0n) is 13.7. The highest BCUT2D eigenvalue weighted by molar-refractivity contribution is 6.11. The summed E-state index contributed by atoms with van der Waals surface area (Å²) in [5.74, 6) is -0.109. The molecule has 0 radical (unpaired) electrons. The van der Waals surface area contributed by atoms with E-state index in [4.69, 9.17) is 4.74 Å². The number of carbonyl (C=O) groups excluding carboxylic acids is 3. The average molecular weight is 339 g/mol. The lowest BCUT2D eigenvalue weighted by molar-refractivity contribution is -0.132. The van der Waals surface area contributed by atoms with E-state index >= 15 is 0 Å². The van der Waals surface area contributed by atoms with Gasteiger partial charge in [-0.15, -0.1) is 0 Å². The van der Waals surface area contributed by atoms with Crippen LogP contribution < -0.4 is 10.1 Å². The van der Waals surface area contributed by atoms with Crippen molar-refractivity contribution >= 4 is 17.7 Å². The Balaban J connectivity index is 1.66. The van der Waals surface area contributed by atoms with Gasteiger partial charge in [-0.25, -0.2) is 4.79 Å². The van der Waals surface area contributed by atoms with Crippen LogP contribution >= 0.6 is 0 Å².